The van der Waals surface area contributed by atoms with E-state index in [1.54, 1.807) is 151 Å². The van der Waals surface area contributed by atoms with E-state index in [0.29, 0.717) is 141 Å². The molecule has 0 amide bonds. The number of hydrogen-bond acceptors (Lipinski definition) is 30. The largest absolute Gasteiger partial charge is 0.710 e. The van der Waals surface area contributed by atoms with Crippen molar-refractivity contribution < 1.29 is 126 Å². The first kappa shape index (κ1) is 126. The van der Waals surface area contributed by atoms with E-state index in [1.165, 1.54) is 0 Å². The maximum Gasteiger partial charge on any atom is 0.377 e. The highest BCUT2D eigenvalue weighted by molar-refractivity contribution is 7.80. The second-order valence-corrected chi connectivity index (χ2v) is 41.7. The lowest BCUT2D eigenvalue weighted by Crippen LogP contribution is -2.51. The molecule has 0 spiro atoms. The molecule has 148 heavy (non-hydrogen) atoms. The highest BCUT2D eigenvalue weighted by Gasteiger charge is 2.37. The highest BCUT2D eigenvalue weighted by atomic mass is 32.1. The smallest absolute Gasteiger partial charge is 0.377 e. The van der Waals surface area contributed by atoms with Crippen LogP contribution in [0.3, 0.4) is 0 Å². The molecule has 37 nitrogen and oxygen atoms in total. The van der Waals surface area contributed by atoms with Crippen molar-refractivity contribution in [3.63, 3.8) is 0 Å². The quantitative estimate of drug-likeness (QED) is 0.00252. The number of carbonyl (C=O) groups excluding carboxylic acids is 8. The zero-order chi connectivity index (χ0) is 111. The first-order valence-electron chi connectivity index (χ1n) is 49.4. The van der Waals surface area contributed by atoms with Crippen LogP contribution in [-0.4, -0.2) is 251 Å². The summed E-state index contributed by atoms with van der Waals surface area (Å²) in [6.07, 6.45) is 9.47. The topological polar surface area (TPSA) is 491 Å². The lowest BCUT2D eigenvalue weighted by atomic mass is 9.87. The molecule has 6 aromatic rings. The number of ether oxygens (including phenoxy) is 8. The summed E-state index contributed by atoms with van der Waals surface area (Å²) in [6.45, 7) is 41.0. The van der Waals surface area contributed by atoms with Crippen LogP contribution in [0.2, 0.25) is 0 Å². The molecule has 1 fully saturated rings. The summed E-state index contributed by atoms with van der Waals surface area (Å²) in [5.74, 6) is -0.747. The van der Waals surface area contributed by atoms with Crippen molar-refractivity contribution in [2.45, 2.75) is 227 Å². The van der Waals surface area contributed by atoms with E-state index in [2.05, 4.69) is 32.9 Å². The number of aliphatic hydroxyl groups excluding tert-OH is 2. The van der Waals surface area contributed by atoms with Crippen molar-refractivity contribution in [3.05, 3.63) is 182 Å². The number of unbranched alkanes of at least 4 members (excludes halogenated alkanes) is 3. The van der Waals surface area contributed by atoms with Gasteiger partial charge in [0.15, 0.2) is 33.3 Å². The number of rotatable bonds is 41. The molecule has 4 heterocycles. The number of allylic oxidation sites excluding steroid dienone is 2. The fourth-order valence-electron chi connectivity index (χ4n) is 15.1. The minimum atomic E-state index is -1.08. The van der Waals surface area contributed by atoms with Gasteiger partial charge in [-0.2, -0.15) is 0 Å². The van der Waals surface area contributed by atoms with Crippen LogP contribution in [0.5, 0.6) is 34.5 Å². The Morgan fingerprint density at radius 1 is 0.500 bits per heavy atom. The molecule has 0 aliphatic carbocycles. The summed E-state index contributed by atoms with van der Waals surface area (Å²) in [7, 11) is 4.70. The number of aromatic nitrogens is 3. The molecular formula is C109H153N11O26S2. The first-order chi connectivity index (χ1) is 69.4. The molecule has 9 rings (SSSR count). The van der Waals surface area contributed by atoms with Gasteiger partial charge in [0.1, 0.15) is 53.9 Å². The number of fused-ring (bicyclic) bond motifs is 1. The van der Waals surface area contributed by atoms with Crippen molar-refractivity contribution in [2.75, 3.05) is 120 Å². The van der Waals surface area contributed by atoms with Crippen molar-refractivity contribution in [1.29, 1.82) is 0 Å². The average molecular weight is 2100 g/mol. The molecule has 0 radical (unpaired) electrons. The average Bonchev–Trinajstić information content (AvgIpc) is 0.765. The molecule has 0 bridgehead atoms. The van der Waals surface area contributed by atoms with Gasteiger partial charge < -0.3 is 95.1 Å². The zero-order valence-electron chi connectivity index (χ0n) is 89.8. The van der Waals surface area contributed by atoms with Gasteiger partial charge in [-0.1, -0.05) is 184 Å². The number of carboxylic acids is 3. The summed E-state index contributed by atoms with van der Waals surface area (Å²) < 4.78 is 44.1. The van der Waals surface area contributed by atoms with Crippen LogP contribution in [0.1, 0.15) is 241 Å². The molecule has 3 unspecified atom stereocenters. The number of Topliss-reactive ketones (excluding diaryl/α,β-unsaturated/α-hetero) is 5. The number of esters is 3. The van der Waals surface area contributed by atoms with Gasteiger partial charge >= 0.3 is 47.2 Å². The van der Waals surface area contributed by atoms with Crippen LogP contribution < -0.4 is 59.3 Å². The number of ketones is 5. The van der Waals surface area contributed by atoms with Crippen LogP contribution >= 0.6 is 24.4 Å². The van der Waals surface area contributed by atoms with Crippen molar-refractivity contribution in [3.8, 4) is 34.5 Å². The number of nitrogens with one attached hydrogen (secondary N) is 4. The highest BCUT2D eigenvalue weighted by Crippen LogP contribution is 2.40. The summed E-state index contributed by atoms with van der Waals surface area (Å²) in [4.78, 5) is 140. The Balaban J connectivity index is 0.000000327. The Morgan fingerprint density at radius 3 is 1.39 bits per heavy atom. The Kier molecular flexibility index (Phi) is 50.8. The predicted octanol–water partition coefficient (Wildman–Crippen LogP) is 14.0. The van der Waals surface area contributed by atoms with Crippen LogP contribution in [-0.2, 0) is 75.2 Å². The van der Waals surface area contributed by atoms with Gasteiger partial charge in [-0.15, -0.1) is 0 Å². The summed E-state index contributed by atoms with van der Waals surface area (Å²) in [5.41, 5.74) is 4.39. The molecule has 9 N–H and O–H groups in total. The third-order valence-corrected chi connectivity index (χ3v) is 24.4. The van der Waals surface area contributed by atoms with Gasteiger partial charge in [0.05, 0.1) is 101 Å². The van der Waals surface area contributed by atoms with E-state index in [0.717, 1.165) is 47.1 Å². The van der Waals surface area contributed by atoms with E-state index >= 15 is 0 Å². The molecule has 812 valence electrons. The number of para-hydroxylation sites is 2. The van der Waals surface area contributed by atoms with E-state index < -0.39 is 75.6 Å². The van der Waals surface area contributed by atoms with Gasteiger partial charge in [-0.3, -0.25) is 62.8 Å². The number of aliphatic hydroxyl groups is 2. The second kappa shape index (κ2) is 59.9. The number of carbonyl (C=O) groups is 11. The number of aryl methyl sites for hydroxylation is 1. The number of carboxylic acid groups (broad SMARTS) is 3. The van der Waals surface area contributed by atoms with Gasteiger partial charge in [0.2, 0.25) is 16.4 Å². The van der Waals surface area contributed by atoms with E-state index in [-0.39, 0.29) is 150 Å². The van der Waals surface area contributed by atoms with Gasteiger partial charge in [-0.25, -0.2) is 14.3 Å². The minimum Gasteiger partial charge on any atom is -0.710 e. The molecule has 3 aliphatic rings. The number of benzene rings is 5. The van der Waals surface area contributed by atoms with Crippen LogP contribution in [0.4, 0.5) is 0 Å². The maximum absolute atomic E-state index is 12.5. The third kappa shape index (κ3) is 42.4. The fraction of sp³-hybridized carbons (Fsp3) is 0.523. The predicted molar refractivity (Wildman–Crippen MR) is 570 cm³/mol. The number of thiocarbonyl (C=S) groups is 2. The summed E-state index contributed by atoms with van der Waals surface area (Å²) in [5, 5.41) is 88.8. The fourth-order valence-corrected chi connectivity index (χ4v) is 15.6. The van der Waals surface area contributed by atoms with Crippen LogP contribution in [0, 0.1) is 37.5 Å². The first-order valence-corrected chi connectivity index (χ1v) is 50.2. The van der Waals surface area contributed by atoms with Crippen molar-refractivity contribution >= 4 is 123 Å². The Labute approximate surface area is 879 Å². The van der Waals surface area contributed by atoms with Crippen molar-refractivity contribution in [1.82, 2.24) is 46.0 Å². The molecule has 3 atom stereocenters. The Morgan fingerprint density at radius 2 is 0.932 bits per heavy atom. The number of hydrogen-bond donors (Lipinski definition) is 9. The van der Waals surface area contributed by atoms with Crippen molar-refractivity contribution in [2.24, 2.45) is 27.1 Å². The lowest BCUT2D eigenvalue weighted by Gasteiger charge is -2.35. The third-order valence-electron chi connectivity index (χ3n) is 23.9. The molecule has 5 aromatic carbocycles. The summed E-state index contributed by atoms with van der Waals surface area (Å²) >= 11 is 10.5. The second-order valence-electron chi connectivity index (χ2n) is 40.9. The van der Waals surface area contributed by atoms with Gasteiger partial charge in [0, 0.05) is 128 Å². The number of methoxy groups -OCH3 is 3. The number of nitrogens with zero attached hydrogens (tertiary/aromatic N) is 7. The Hall–Kier alpha value is -12.9. The van der Waals surface area contributed by atoms with E-state index in [1.807, 2.05) is 137 Å². The lowest BCUT2D eigenvalue weighted by molar-refractivity contribution is -0.685. The standard InChI is InChI=1S/C24H42N4O8.C24H30O6.C23H30N2O5S.C20H26N2O4S.C18H25N3O3/c1-18(29)15-25-7-9-26(16-21(31)32)11-13-28(14-12-27(10-8-25)17-22(33)34)19(23(35)36)5-6-20(30)24(2,3)4;1-24(2,3)22(26)15-30-19-11-16(9-10-18(19)14-25)7-8-17-12-20(27-4)23(29-6)21(13-17)28-5;1-6-29-21(28)19-14(2)24-22(31)25-20(19)15-9-7-10-16(13-15)30-18(27)12-8-11-17(26)23(3,4)5;1-6-25-18(24)16-12(2)21-19(27)22-17(16)13-8-7-9-14(10-13)26-11-15(23)20(3,4)5;1-18(2,3)16(22)12-6-4-5-7-13-17-19-21(24)15-11-9-8-10-14(15)20(17)23/h19,29H,1,5-17H2,2-4H3,(H,31,32)(H,33,34)(H,35,36);7-13,25H,14-15H2,1-6H3;7,9-10,13,20H,6,8,11-12H2,1-5H3,(H2,24,25,31);7-10,17H,6,11H2,1-5H3,(H2,21,22,27);8-11H,4-7,12-13H2,1-3H3/b;8-7-;;;. The zero-order valence-corrected chi connectivity index (χ0v) is 91.4. The number of aliphatic carboxylic acids is 3. The van der Waals surface area contributed by atoms with Gasteiger partial charge in [-0.05, 0) is 149 Å². The van der Waals surface area contributed by atoms with Crippen LogP contribution in [0.25, 0.3) is 23.2 Å². The van der Waals surface area contributed by atoms with Gasteiger partial charge in [0.25, 0.3) is 0 Å². The Bertz CT molecular complexity index is 5630. The molecule has 1 saturated heterocycles. The normalized spacial score (nSPS) is 15.4. The maximum atomic E-state index is 12.5. The molecule has 1 aromatic heterocycles. The monoisotopic (exact) mass is 2100 g/mol. The summed E-state index contributed by atoms with van der Waals surface area (Å²) in [6, 6.07) is 28.0. The van der Waals surface area contributed by atoms with Crippen LogP contribution in [0.15, 0.2) is 138 Å². The van der Waals surface area contributed by atoms with E-state index in [9.17, 15) is 88.7 Å². The SMILES string of the molecule is C=C(O)CN1CCN(CC(=O)O)CCN(C(CCC(=O)C(C)(C)C)C(=O)O)CCN(CC(=O)O)CC1.CC(C)(C)C(=O)CCCCCCc1n[n+]([O-])c2ccccc2[n+]1[O-].CCOC(=O)C1=C(C)NC(=S)NC1c1cccc(OC(=O)CCCC(=O)C(C)(C)C)c1.CCOC(=O)C1=C(C)NC(=S)NC1c1cccc(OCC(=O)C(C)(C)C)c1.COc1cc(/C=C\c2ccc(CO)c(OCC(=O)C(C)(C)C)c2)cc(OC)c1OC. The molecule has 0 saturated carbocycles. The molecule has 3 aliphatic heterocycles. The molecular weight excluding hydrogens is 1940 g/mol. The minimum absolute atomic E-state index is 0.00931. The molecule has 39 heteroatoms. The van der Waals surface area contributed by atoms with E-state index in [4.69, 9.17) is 62.3 Å².